The normalized spacial score (nSPS) is 17.6. The van der Waals surface area contributed by atoms with Crippen LogP contribution in [-0.2, 0) is 4.74 Å². The highest BCUT2D eigenvalue weighted by Gasteiger charge is 2.29. The van der Waals surface area contributed by atoms with Gasteiger partial charge in [0.05, 0.1) is 11.2 Å². The molecule has 1 aliphatic heterocycles. The van der Waals surface area contributed by atoms with E-state index in [1.807, 2.05) is 24.3 Å². The van der Waals surface area contributed by atoms with Gasteiger partial charge in [-0.05, 0) is 25.8 Å². The lowest BCUT2D eigenvalue weighted by Crippen LogP contribution is -2.41. The van der Waals surface area contributed by atoms with Crippen molar-refractivity contribution in [1.29, 1.82) is 0 Å². The Hall–Kier alpha value is -2.14. The fourth-order valence-electron chi connectivity index (χ4n) is 2.69. The monoisotopic (exact) mass is 286 g/mol. The van der Waals surface area contributed by atoms with E-state index in [-0.39, 0.29) is 11.1 Å². The van der Waals surface area contributed by atoms with Crippen molar-refractivity contribution in [3.8, 4) is 0 Å². The van der Waals surface area contributed by atoms with E-state index in [2.05, 4.69) is 17.2 Å². The molecule has 0 spiro atoms. The molecule has 2 N–H and O–H groups in total. The van der Waals surface area contributed by atoms with E-state index < -0.39 is 5.97 Å². The summed E-state index contributed by atoms with van der Waals surface area (Å²) >= 11 is 0. The molecule has 5 nitrogen and oxygen atoms in total. The number of aromatic nitrogens is 1. The van der Waals surface area contributed by atoms with Crippen LogP contribution in [0.2, 0.25) is 0 Å². The van der Waals surface area contributed by atoms with Crippen LogP contribution >= 0.6 is 0 Å². The number of pyridine rings is 1. The van der Waals surface area contributed by atoms with Crippen molar-refractivity contribution in [2.45, 2.75) is 25.3 Å². The highest BCUT2D eigenvalue weighted by atomic mass is 16.5. The summed E-state index contributed by atoms with van der Waals surface area (Å²) in [4.78, 5) is 15.7. The van der Waals surface area contributed by atoms with Crippen LogP contribution < -0.4 is 5.32 Å². The van der Waals surface area contributed by atoms with Crippen molar-refractivity contribution in [1.82, 2.24) is 4.98 Å². The number of anilines is 1. The maximum absolute atomic E-state index is 11.5. The van der Waals surface area contributed by atoms with Gasteiger partial charge in [0.1, 0.15) is 5.56 Å². The SMILES string of the molecule is CC1(Nc2c(C(=O)O)cnc3ccccc23)CCOCC1. The molecular formula is C16H18N2O3. The molecule has 1 aromatic carbocycles. The smallest absolute Gasteiger partial charge is 0.339 e. The fraction of sp³-hybridized carbons (Fsp3) is 0.375. The molecule has 5 heteroatoms. The van der Waals surface area contributed by atoms with Gasteiger partial charge < -0.3 is 15.2 Å². The number of benzene rings is 1. The van der Waals surface area contributed by atoms with E-state index >= 15 is 0 Å². The summed E-state index contributed by atoms with van der Waals surface area (Å²) in [6.45, 7) is 3.49. The first-order valence-electron chi connectivity index (χ1n) is 7.06. The molecule has 21 heavy (non-hydrogen) atoms. The Morgan fingerprint density at radius 1 is 1.33 bits per heavy atom. The van der Waals surface area contributed by atoms with Crippen molar-refractivity contribution in [2.75, 3.05) is 18.5 Å². The first kappa shape index (κ1) is 13.8. The predicted molar refractivity (Wildman–Crippen MR) is 80.8 cm³/mol. The number of carboxylic acid groups (broad SMARTS) is 1. The molecule has 1 saturated heterocycles. The van der Waals surface area contributed by atoms with Gasteiger partial charge in [-0.3, -0.25) is 4.98 Å². The van der Waals surface area contributed by atoms with E-state index in [0.717, 1.165) is 23.7 Å². The number of nitrogens with zero attached hydrogens (tertiary/aromatic N) is 1. The van der Waals surface area contributed by atoms with Gasteiger partial charge in [-0.25, -0.2) is 4.79 Å². The molecule has 2 heterocycles. The minimum absolute atomic E-state index is 0.160. The van der Waals surface area contributed by atoms with E-state index in [4.69, 9.17) is 4.74 Å². The summed E-state index contributed by atoms with van der Waals surface area (Å²) in [6, 6.07) is 7.58. The lowest BCUT2D eigenvalue weighted by Gasteiger charge is -2.36. The van der Waals surface area contributed by atoms with Crippen molar-refractivity contribution >= 4 is 22.6 Å². The number of para-hydroxylation sites is 1. The quantitative estimate of drug-likeness (QED) is 0.907. The van der Waals surface area contributed by atoms with Crippen molar-refractivity contribution < 1.29 is 14.6 Å². The molecule has 1 aliphatic rings. The molecule has 0 unspecified atom stereocenters. The summed E-state index contributed by atoms with van der Waals surface area (Å²) < 4.78 is 5.40. The van der Waals surface area contributed by atoms with Crippen LogP contribution in [0, 0.1) is 0 Å². The second-order valence-corrected chi connectivity index (χ2v) is 5.67. The largest absolute Gasteiger partial charge is 0.478 e. The molecule has 1 aromatic heterocycles. The molecule has 0 saturated carbocycles. The van der Waals surface area contributed by atoms with Gasteiger partial charge in [0.15, 0.2) is 0 Å². The van der Waals surface area contributed by atoms with Crippen LogP contribution in [0.3, 0.4) is 0 Å². The molecule has 2 aromatic rings. The number of fused-ring (bicyclic) bond motifs is 1. The zero-order valence-corrected chi connectivity index (χ0v) is 11.9. The number of carbonyl (C=O) groups is 1. The van der Waals surface area contributed by atoms with Crippen LogP contribution in [0.5, 0.6) is 0 Å². The average Bonchev–Trinajstić information content (AvgIpc) is 2.47. The van der Waals surface area contributed by atoms with Gasteiger partial charge in [-0.1, -0.05) is 18.2 Å². The Bertz CT molecular complexity index is 678. The van der Waals surface area contributed by atoms with E-state index in [1.54, 1.807) is 0 Å². The van der Waals surface area contributed by atoms with Gasteiger partial charge in [0.2, 0.25) is 0 Å². The predicted octanol–water partition coefficient (Wildman–Crippen LogP) is 2.91. The van der Waals surface area contributed by atoms with E-state index in [9.17, 15) is 9.90 Å². The molecule has 0 atom stereocenters. The summed E-state index contributed by atoms with van der Waals surface area (Å²) in [5, 5.41) is 13.7. The summed E-state index contributed by atoms with van der Waals surface area (Å²) in [7, 11) is 0. The van der Waals surface area contributed by atoms with Gasteiger partial charge in [-0.15, -0.1) is 0 Å². The maximum atomic E-state index is 11.5. The summed E-state index contributed by atoms with van der Waals surface area (Å²) in [5.41, 5.74) is 1.49. The molecule has 110 valence electrons. The van der Waals surface area contributed by atoms with Gasteiger partial charge in [-0.2, -0.15) is 0 Å². The van der Waals surface area contributed by atoms with Crippen molar-refractivity contribution in [2.24, 2.45) is 0 Å². The fourth-order valence-corrected chi connectivity index (χ4v) is 2.69. The number of carboxylic acids is 1. The van der Waals surface area contributed by atoms with Gasteiger partial charge in [0, 0.05) is 30.3 Å². The van der Waals surface area contributed by atoms with Crippen LogP contribution in [0.15, 0.2) is 30.5 Å². The number of hydrogen-bond donors (Lipinski definition) is 2. The first-order valence-corrected chi connectivity index (χ1v) is 7.06. The molecule has 0 bridgehead atoms. The zero-order valence-electron chi connectivity index (χ0n) is 11.9. The summed E-state index contributed by atoms with van der Waals surface area (Å²) in [5.74, 6) is -0.966. The Labute approximate surface area is 123 Å². The number of rotatable bonds is 3. The highest BCUT2D eigenvalue weighted by Crippen LogP contribution is 2.32. The first-order chi connectivity index (χ1) is 10.1. The summed E-state index contributed by atoms with van der Waals surface area (Å²) in [6.07, 6.45) is 3.13. The maximum Gasteiger partial charge on any atom is 0.339 e. The molecular weight excluding hydrogens is 268 g/mol. The number of aromatic carboxylic acids is 1. The van der Waals surface area contributed by atoms with Crippen molar-refractivity contribution in [3.63, 3.8) is 0 Å². The molecule has 0 aliphatic carbocycles. The Morgan fingerprint density at radius 3 is 2.76 bits per heavy atom. The lowest BCUT2D eigenvalue weighted by atomic mass is 9.91. The molecule has 1 fully saturated rings. The van der Waals surface area contributed by atoms with E-state index in [0.29, 0.717) is 18.9 Å². The highest BCUT2D eigenvalue weighted by molar-refractivity contribution is 6.04. The third kappa shape index (κ3) is 2.69. The number of nitrogens with one attached hydrogen (secondary N) is 1. The van der Waals surface area contributed by atoms with Crippen LogP contribution in [0.1, 0.15) is 30.1 Å². The molecule has 0 amide bonds. The topological polar surface area (TPSA) is 71.5 Å². The minimum atomic E-state index is -0.966. The van der Waals surface area contributed by atoms with Crippen molar-refractivity contribution in [3.05, 3.63) is 36.0 Å². The average molecular weight is 286 g/mol. The Kier molecular flexibility index (Phi) is 3.51. The number of ether oxygens (including phenoxy) is 1. The second kappa shape index (κ2) is 5.33. The van der Waals surface area contributed by atoms with Crippen LogP contribution in [0.4, 0.5) is 5.69 Å². The molecule has 3 rings (SSSR count). The lowest BCUT2D eigenvalue weighted by molar-refractivity contribution is 0.0656. The van der Waals surface area contributed by atoms with Crippen LogP contribution in [0.25, 0.3) is 10.9 Å². The zero-order chi connectivity index (χ0) is 14.9. The van der Waals surface area contributed by atoms with Gasteiger partial charge >= 0.3 is 5.97 Å². The third-order valence-corrected chi connectivity index (χ3v) is 4.03. The Morgan fingerprint density at radius 2 is 2.05 bits per heavy atom. The van der Waals surface area contributed by atoms with Crippen LogP contribution in [-0.4, -0.2) is 34.8 Å². The minimum Gasteiger partial charge on any atom is -0.478 e. The van der Waals surface area contributed by atoms with Gasteiger partial charge in [0.25, 0.3) is 0 Å². The molecule has 0 radical (unpaired) electrons. The number of hydrogen-bond acceptors (Lipinski definition) is 4. The third-order valence-electron chi connectivity index (χ3n) is 4.03. The second-order valence-electron chi connectivity index (χ2n) is 5.67. The standard InChI is InChI=1S/C16H18N2O3/c1-16(6-8-21-9-7-16)18-14-11-4-2-3-5-13(11)17-10-12(14)15(19)20/h2-5,10H,6-9H2,1H3,(H,17,18)(H,19,20). The van der Waals surface area contributed by atoms with E-state index in [1.165, 1.54) is 6.20 Å². The Balaban J connectivity index is 2.10.